The van der Waals surface area contributed by atoms with Gasteiger partial charge < -0.3 is 4.74 Å². The third-order valence-corrected chi connectivity index (χ3v) is 2.21. The zero-order valence-corrected chi connectivity index (χ0v) is 8.49. The Morgan fingerprint density at radius 2 is 2.00 bits per heavy atom. The molecule has 0 aromatic heterocycles. The highest BCUT2D eigenvalue weighted by Crippen LogP contribution is 2.40. The molecule has 15 heavy (non-hydrogen) atoms. The van der Waals surface area contributed by atoms with Gasteiger partial charge in [-0.05, 0) is 12.1 Å². The van der Waals surface area contributed by atoms with Crippen LogP contribution in [-0.2, 0) is 6.18 Å². The molecule has 0 heterocycles. The molecule has 0 unspecified atom stereocenters. The third kappa shape index (κ3) is 2.18. The standard InChI is InChI=1S/C9H6F3NOS/c1-14-7-6(9(10,11)12)3-2-5(4-13)8(7)15/h2-3,15H,1H3. The Morgan fingerprint density at radius 3 is 2.40 bits per heavy atom. The molecule has 0 spiro atoms. The van der Waals surface area contributed by atoms with Gasteiger partial charge in [-0.1, -0.05) is 0 Å². The first kappa shape index (κ1) is 11.7. The second kappa shape index (κ2) is 4.03. The third-order valence-electron chi connectivity index (χ3n) is 1.76. The largest absolute Gasteiger partial charge is 0.495 e. The van der Waals surface area contributed by atoms with E-state index in [9.17, 15) is 13.2 Å². The zero-order valence-electron chi connectivity index (χ0n) is 7.59. The summed E-state index contributed by atoms with van der Waals surface area (Å²) in [6.45, 7) is 0. The van der Waals surface area contributed by atoms with Gasteiger partial charge in [0.2, 0.25) is 0 Å². The van der Waals surface area contributed by atoms with Crippen LogP contribution in [0.1, 0.15) is 11.1 Å². The van der Waals surface area contributed by atoms with Gasteiger partial charge in [-0.25, -0.2) is 0 Å². The molecule has 0 N–H and O–H groups in total. The number of nitriles is 1. The van der Waals surface area contributed by atoms with Gasteiger partial charge in [-0.2, -0.15) is 18.4 Å². The molecule has 0 saturated carbocycles. The van der Waals surface area contributed by atoms with Crippen molar-refractivity contribution in [2.75, 3.05) is 7.11 Å². The van der Waals surface area contributed by atoms with Crippen molar-refractivity contribution in [1.82, 2.24) is 0 Å². The molecule has 2 nitrogen and oxygen atoms in total. The molecule has 0 atom stereocenters. The highest BCUT2D eigenvalue weighted by Gasteiger charge is 2.35. The maximum absolute atomic E-state index is 12.5. The highest BCUT2D eigenvalue weighted by molar-refractivity contribution is 7.80. The van der Waals surface area contributed by atoms with Gasteiger partial charge in [0, 0.05) is 0 Å². The van der Waals surface area contributed by atoms with E-state index in [1.54, 1.807) is 6.07 Å². The lowest BCUT2D eigenvalue weighted by Crippen LogP contribution is -2.08. The molecule has 0 saturated heterocycles. The second-order valence-corrected chi connectivity index (χ2v) is 3.10. The molecule has 1 aromatic rings. The Balaban J connectivity index is 3.46. The van der Waals surface area contributed by atoms with Crippen LogP contribution >= 0.6 is 12.6 Å². The van der Waals surface area contributed by atoms with Crippen molar-refractivity contribution in [2.24, 2.45) is 0 Å². The van der Waals surface area contributed by atoms with E-state index in [0.29, 0.717) is 0 Å². The monoisotopic (exact) mass is 233 g/mol. The molecule has 0 aliphatic heterocycles. The molecule has 6 heteroatoms. The summed E-state index contributed by atoms with van der Waals surface area (Å²) in [5.74, 6) is -0.426. The summed E-state index contributed by atoms with van der Waals surface area (Å²) in [6, 6.07) is 3.59. The minimum Gasteiger partial charge on any atom is -0.495 e. The average molecular weight is 233 g/mol. The fourth-order valence-corrected chi connectivity index (χ4v) is 1.43. The van der Waals surface area contributed by atoms with E-state index >= 15 is 0 Å². The van der Waals surface area contributed by atoms with Crippen molar-refractivity contribution >= 4 is 12.6 Å². The molecule has 0 aliphatic carbocycles. The lowest BCUT2D eigenvalue weighted by molar-refractivity contribution is -0.139. The van der Waals surface area contributed by atoms with Crippen LogP contribution in [0, 0.1) is 11.3 Å². The van der Waals surface area contributed by atoms with Crippen LogP contribution in [0.4, 0.5) is 13.2 Å². The zero-order chi connectivity index (χ0) is 11.6. The first-order chi connectivity index (χ1) is 6.91. The Kier molecular flexibility index (Phi) is 3.15. The van der Waals surface area contributed by atoms with Gasteiger partial charge in [-0.3, -0.25) is 0 Å². The topological polar surface area (TPSA) is 33.0 Å². The number of thiol groups is 1. The number of ether oxygens (including phenoxy) is 1. The summed E-state index contributed by atoms with van der Waals surface area (Å²) in [4.78, 5) is -0.102. The number of hydrogen-bond acceptors (Lipinski definition) is 3. The van der Waals surface area contributed by atoms with Crippen LogP contribution in [0.2, 0.25) is 0 Å². The van der Waals surface area contributed by atoms with Crippen LogP contribution in [-0.4, -0.2) is 7.11 Å². The molecule has 80 valence electrons. The maximum Gasteiger partial charge on any atom is 0.420 e. The lowest BCUT2D eigenvalue weighted by atomic mass is 10.1. The van der Waals surface area contributed by atoms with Gasteiger partial charge in [0.15, 0.2) is 0 Å². The van der Waals surface area contributed by atoms with E-state index in [1.807, 2.05) is 0 Å². The normalized spacial score (nSPS) is 10.9. The van der Waals surface area contributed by atoms with Crippen molar-refractivity contribution in [3.05, 3.63) is 23.3 Å². The summed E-state index contributed by atoms with van der Waals surface area (Å²) in [7, 11) is 1.10. The predicted octanol–water partition coefficient (Wildman–Crippen LogP) is 2.87. The summed E-state index contributed by atoms with van der Waals surface area (Å²) >= 11 is 3.83. The number of alkyl halides is 3. The van der Waals surface area contributed by atoms with Crippen molar-refractivity contribution in [2.45, 2.75) is 11.1 Å². The Hall–Kier alpha value is -1.35. The van der Waals surface area contributed by atoms with Crippen molar-refractivity contribution in [1.29, 1.82) is 5.26 Å². The van der Waals surface area contributed by atoms with Gasteiger partial charge >= 0.3 is 6.18 Å². The number of methoxy groups -OCH3 is 1. The molecule has 0 aliphatic rings. The summed E-state index contributed by atoms with van der Waals surface area (Å²) in [5, 5.41) is 8.60. The number of halogens is 3. The minimum absolute atomic E-state index is 0.0446. The molecular weight excluding hydrogens is 227 g/mol. The van der Waals surface area contributed by atoms with Crippen molar-refractivity contribution < 1.29 is 17.9 Å². The fourth-order valence-electron chi connectivity index (χ4n) is 1.09. The maximum atomic E-state index is 12.5. The molecular formula is C9H6F3NOS. The quantitative estimate of drug-likeness (QED) is 0.756. The van der Waals surface area contributed by atoms with E-state index in [-0.39, 0.29) is 10.5 Å². The Morgan fingerprint density at radius 1 is 1.40 bits per heavy atom. The van der Waals surface area contributed by atoms with E-state index in [1.165, 1.54) is 0 Å². The lowest BCUT2D eigenvalue weighted by Gasteiger charge is -2.13. The number of benzene rings is 1. The van der Waals surface area contributed by atoms with Crippen molar-refractivity contribution in [3.63, 3.8) is 0 Å². The summed E-state index contributed by atoms with van der Waals surface area (Å²) in [5.41, 5.74) is -0.891. The van der Waals surface area contributed by atoms with Gasteiger partial charge in [0.25, 0.3) is 0 Å². The second-order valence-electron chi connectivity index (χ2n) is 2.65. The van der Waals surface area contributed by atoms with Gasteiger partial charge in [-0.15, -0.1) is 12.6 Å². The minimum atomic E-state index is -4.52. The molecule has 0 fully saturated rings. The molecule has 1 rings (SSSR count). The number of rotatable bonds is 1. The van der Waals surface area contributed by atoms with Crippen LogP contribution in [0.3, 0.4) is 0 Å². The molecule has 0 amide bonds. The van der Waals surface area contributed by atoms with Crippen LogP contribution in [0.5, 0.6) is 5.75 Å². The molecule has 1 aromatic carbocycles. The Bertz CT molecular complexity index is 423. The highest BCUT2D eigenvalue weighted by atomic mass is 32.1. The number of nitrogens with zero attached hydrogens (tertiary/aromatic N) is 1. The average Bonchev–Trinajstić information content (AvgIpc) is 2.15. The van der Waals surface area contributed by atoms with Gasteiger partial charge in [0.1, 0.15) is 11.8 Å². The van der Waals surface area contributed by atoms with Gasteiger partial charge in [0.05, 0.1) is 23.1 Å². The fraction of sp³-hybridized carbons (Fsp3) is 0.222. The first-order valence-electron chi connectivity index (χ1n) is 3.79. The van der Waals surface area contributed by atoms with Crippen LogP contribution in [0.15, 0.2) is 17.0 Å². The van der Waals surface area contributed by atoms with E-state index in [0.717, 1.165) is 19.2 Å². The van der Waals surface area contributed by atoms with E-state index < -0.39 is 17.5 Å². The van der Waals surface area contributed by atoms with Crippen molar-refractivity contribution in [3.8, 4) is 11.8 Å². The SMILES string of the molecule is COc1c(C(F)(F)F)ccc(C#N)c1S. The van der Waals surface area contributed by atoms with E-state index in [4.69, 9.17) is 5.26 Å². The number of hydrogen-bond donors (Lipinski definition) is 1. The van der Waals surface area contributed by atoms with Crippen LogP contribution in [0.25, 0.3) is 0 Å². The first-order valence-corrected chi connectivity index (χ1v) is 4.23. The van der Waals surface area contributed by atoms with Crippen LogP contribution < -0.4 is 4.74 Å². The smallest absolute Gasteiger partial charge is 0.420 e. The predicted molar refractivity (Wildman–Crippen MR) is 50.0 cm³/mol. The summed E-state index contributed by atoms with van der Waals surface area (Å²) in [6.07, 6.45) is -4.52. The Labute approximate surface area is 89.7 Å². The van der Waals surface area contributed by atoms with E-state index in [2.05, 4.69) is 17.4 Å². The molecule has 0 bridgehead atoms. The summed E-state index contributed by atoms with van der Waals surface area (Å²) < 4.78 is 42.0. The molecule has 0 radical (unpaired) electrons.